The highest BCUT2D eigenvalue weighted by atomic mass is 19.4. The van der Waals surface area contributed by atoms with Crippen LogP contribution in [0, 0.1) is 19.8 Å². The van der Waals surface area contributed by atoms with Crippen molar-refractivity contribution in [3.05, 3.63) is 53.6 Å². The zero-order valence-corrected chi connectivity index (χ0v) is 15.7. The maximum atomic E-state index is 13.1. The van der Waals surface area contributed by atoms with Crippen LogP contribution in [0.15, 0.2) is 42.5 Å². The summed E-state index contributed by atoms with van der Waals surface area (Å²) in [6.07, 6.45) is -4.87. The molecule has 1 aliphatic heterocycles. The summed E-state index contributed by atoms with van der Waals surface area (Å²) < 4.78 is 45.3. The first kappa shape index (κ1) is 20.0. The zero-order valence-electron chi connectivity index (χ0n) is 15.7. The Bertz CT molecular complexity index is 849. The number of hydrogen-bond donors (Lipinski definition) is 1. The molecule has 1 saturated heterocycles. The summed E-state index contributed by atoms with van der Waals surface area (Å²) in [5.74, 6) is -1.34. The predicted molar refractivity (Wildman–Crippen MR) is 100.0 cm³/mol. The average molecular weight is 393 g/mol. The summed E-state index contributed by atoms with van der Waals surface area (Å²) in [6.45, 7) is 3.70. The van der Waals surface area contributed by atoms with Crippen molar-refractivity contribution >= 4 is 11.7 Å². The number of alkyl halides is 3. The van der Waals surface area contributed by atoms with Gasteiger partial charge in [-0.05, 0) is 61.7 Å². The summed E-state index contributed by atoms with van der Waals surface area (Å²) in [6, 6.07) is 11.8. The van der Waals surface area contributed by atoms with Crippen molar-refractivity contribution in [3.63, 3.8) is 0 Å². The van der Waals surface area contributed by atoms with Crippen molar-refractivity contribution in [1.82, 2.24) is 0 Å². The number of ether oxygens (including phenoxy) is 1. The van der Waals surface area contributed by atoms with Crippen molar-refractivity contribution < 1.29 is 27.8 Å². The van der Waals surface area contributed by atoms with E-state index in [0.717, 1.165) is 16.9 Å². The zero-order chi connectivity index (χ0) is 20.5. The molecule has 0 spiro atoms. The fourth-order valence-electron chi connectivity index (χ4n) is 3.53. The lowest BCUT2D eigenvalue weighted by molar-refractivity contribution is -0.169. The molecular formula is C21H22F3NO3. The molecule has 0 radical (unpaired) electrons. The number of hydrogen-bond acceptors (Lipinski definition) is 3. The lowest BCUT2D eigenvalue weighted by Crippen LogP contribution is -2.32. The van der Waals surface area contributed by atoms with E-state index in [9.17, 15) is 18.0 Å². The van der Waals surface area contributed by atoms with E-state index in [4.69, 9.17) is 9.84 Å². The molecule has 4 nitrogen and oxygen atoms in total. The molecule has 2 aromatic rings. The van der Waals surface area contributed by atoms with Crippen LogP contribution in [0.3, 0.4) is 0 Å². The van der Waals surface area contributed by atoms with Crippen LogP contribution in [0.4, 0.5) is 18.9 Å². The third kappa shape index (κ3) is 4.40. The molecule has 2 unspecified atom stereocenters. The standard InChI is InChI=1S/C21H22F3NO3/c1-13-4-3-5-19(14(13)2)28-18-8-6-16(7-9-18)25-12-15(21(22,23)24)10-17(25)11-20(26)27/h3-9,15,17H,10-12H2,1-2H3,(H,26,27). The summed E-state index contributed by atoms with van der Waals surface area (Å²) in [5.41, 5.74) is 2.67. The maximum Gasteiger partial charge on any atom is 0.393 e. The van der Waals surface area contributed by atoms with Crippen LogP contribution in [0.5, 0.6) is 11.5 Å². The second kappa shape index (κ2) is 7.73. The van der Waals surface area contributed by atoms with Crippen LogP contribution >= 0.6 is 0 Å². The smallest absolute Gasteiger partial charge is 0.393 e. The highest BCUT2D eigenvalue weighted by Gasteiger charge is 2.47. The normalized spacial score (nSPS) is 19.7. The molecule has 2 aromatic carbocycles. The van der Waals surface area contributed by atoms with Crippen LogP contribution in [0.25, 0.3) is 0 Å². The highest BCUT2D eigenvalue weighted by Crippen LogP contribution is 2.40. The molecule has 0 aromatic heterocycles. The van der Waals surface area contributed by atoms with E-state index in [-0.39, 0.29) is 19.4 Å². The van der Waals surface area contributed by atoms with Gasteiger partial charge in [-0.3, -0.25) is 4.79 Å². The van der Waals surface area contributed by atoms with Gasteiger partial charge in [0.15, 0.2) is 0 Å². The van der Waals surface area contributed by atoms with Gasteiger partial charge in [-0.1, -0.05) is 12.1 Å². The van der Waals surface area contributed by atoms with Gasteiger partial charge in [0.05, 0.1) is 12.3 Å². The Balaban J connectivity index is 1.79. The van der Waals surface area contributed by atoms with Crippen molar-refractivity contribution in [1.29, 1.82) is 0 Å². The molecule has 1 heterocycles. The fourth-order valence-corrected chi connectivity index (χ4v) is 3.53. The number of carbonyl (C=O) groups is 1. The van der Waals surface area contributed by atoms with Crippen LogP contribution in [0.2, 0.25) is 0 Å². The topological polar surface area (TPSA) is 49.8 Å². The van der Waals surface area contributed by atoms with Gasteiger partial charge in [-0.25, -0.2) is 0 Å². The molecule has 28 heavy (non-hydrogen) atoms. The minimum absolute atomic E-state index is 0.212. The summed E-state index contributed by atoms with van der Waals surface area (Å²) in [7, 11) is 0. The van der Waals surface area contributed by atoms with Crippen molar-refractivity contribution in [2.24, 2.45) is 5.92 Å². The molecule has 2 atom stereocenters. The first-order chi connectivity index (χ1) is 13.1. The van der Waals surface area contributed by atoms with E-state index in [1.54, 1.807) is 24.3 Å². The Kier molecular flexibility index (Phi) is 5.54. The predicted octanol–water partition coefficient (Wildman–Crippen LogP) is 5.33. The maximum absolute atomic E-state index is 13.1. The van der Waals surface area contributed by atoms with E-state index >= 15 is 0 Å². The molecule has 0 bridgehead atoms. The Labute approximate surface area is 161 Å². The van der Waals surface area contributed by atoms with Crippen LogP contribution in [0.1, 0.15) is 24.0 Å². The lowest BCUT2D eigenvalue weighted by Gasteiger charge is -2.26. The molecule has 1 fully saturated rings. The summed E-state index contributed by atoms with van der Waals surface area (Å²) in [4.78, 5) is 12.6. The third-order valence-corrected chi connectivity index (χ3v) is 5.24. The van der Waals surface area contributed by atoms with Gasteiger partial charge >= 0.3 is 12.1 Å². The number of benzene rings is 2. The average Bonchev–Trinajstić information content (AvgIpc) is 3.03. The van der Waals surface area contributed by atoms with Crippen LogP contribution in [-0.2, 0) is 4.79 Å². The first-order valence-corrected chi connectivity index (χ1v) is 9.04. The second-order valence-electron chi connectivity index (χ2n) is 7.17. The minimum Gasteiger partial charge on any atom is -0.481 e. The van der Waals surface area contributed by atoms with E-state index in [2.05, 4.69) is 0 Å². The van der Waals surface area contributed by atoms with Gasteiger partial charge in [0.2, 0.25) is 0 Å². The van der Waals surface area contributed by atoms with Crippen molar-refractivity contribution in [2.75, 3.05) is 11.4 Å². The monoisotopic (exact) mass is 393 g/mol. The largest absolute Gasteiger partial charge is 0.481 e. The lowest BCUT2D eigenvalue weighted by atomic mass is 10.0. The number of nitrogens with zero attached hydrogens (tertiary/aromatic N) is 1. The number of aliphatic carboxylic acids is 1. The fraction of sp³-hybridized carbons (Fsp3) is 0.381. The molecule has 150 valence electrons. The Morgan fingerprint density at radius 2 is 1.86 bits per heavy atom. The summed E-state index contributed by atoms with van der Waals surface area (Å²) in [5, 5.41) is 9.06. The third-order valence-electron chi connectivity index (χ3n) is 5.24. The molecular weight excluding hydrogens is 371 g/mol. The first-order valence-electron chi connectivity index (χ1n) is 9.04. The quantitative estimate of drug-likeness (QED) is 0.746. The SMILES string of the molecule is Cc1cccc(Oc2ccc(N3CC(C(F)(F)F)CC3CC(=O)O)cc2)c1C. The molecule has 1 N–H and O–H groups in total. The number of halogens is 3. The van der Waals surface area contributed by atoms with Gasteiger partial charge in [-0.2, -0.15) is 13.2 Å². The van der Waals surface area contributed by atoms with Gasteiger partial charge < -0.3 is 14.7 Å². The Morgan fingerprint density at radius 3 is 2.46 bits per heavy atom. The second-order valence-corrected chi connectivity index (χ2v) is 7.17. The van der Waals surface area contributed by atoms with Crippen molar-refractivity contribution in [2.45, 2.75) is 38.9 Å². The number of carboxylic acids is 1. The highest BCUT2D eigenvalue weighted by molar-refractivity contribution is 5.69. The molecule has 0 saturated carbocycles. The molecule has 3 rings (SSSR count). The number of rotatable bonds is 5. The number of aryl methyl sites for hydroxylation is 1. The molecule has 1 aliphatic rings. The number of anilines is 1. The van der Waals surface area contributed by atoms with E-state index in [1.165, 1.54) is 4.90 Å². The molecule has 7 heteroatoms. The Hall–Kier alpha value is -2.70. The van der Waals surface area contributed by atoms with E-state index in [1.807, 2.05) is 32.0 Å². The van der Waals surface area contributed by atoms with Crippen LogP contribution < -0.4 is 9.64 Å². The van der Waals surface area contributed by atoms with Gasteiger partial charge in [0.1, 0.15) is 11.5 Å². The van der Waals surface area contributed by atoms with Gasteiger partial charge in [0, 0.05) is 18.3 Å². The van der Waals surface area contributed by atoms with E-state index < -0.39 is 24.1 Å². The van der Waals surface area contributed by atoms with Gasteiger partial charge in [-0.15, -0.1) is 0 Å². The van der Waals surface area contributed by atoms with Gasteiger partial charge in [0.25, 0.3) is 0 Å². The van der Waals surface area contributed by atoms with E-state index in [0.29, 0.717) is 11.4 Å². The number of carboxylic acid groups (broad SMARTS) is 1. The van der Waals surface area contributed by atoms with Crippen LogP contribution in [-0.4, -0.2) is 29.8 Å². The Morgan fingerprint density at radius 1 is 1.18 bits per heavy atom. The molecule has 0 aliphatic carbocycles. The summed E-state index contributed by atoms with van der Waals surface area (Å²) >= 11 is 0. The minimum atomic E-state index is -4.34. The van der Waals surface area contributed by atoms with Crippen molar-refractivity contribution in [3.8, 4) is 11.5 Å². The molecule has 0 amide bonds.